The fourth-order valence-corrected chi connectivity index (χ4v) is 5.22. The number of nitrogens with zero attached hydrogens (tertiary/aromatic N) is 4. The van der Waals surface area contributed by atoms with E-state index in [1.807, 2.05) is 16.8 Å². The number of H-pyrrole nitrogens is 1. The van der Waals surface area contributed by atoms with E-state index in [9.17, 15) is 4.79 Å². The van der Waals surface area contributed by atoms with E-state index in [2.05, 4.69) is 20.5 Å². The third-order valence-corrected chi connectivity index (χ3v) is 6.79. The van der Waals surface area contributed by atoms with Gasteiger partial charge in [0.25, 0.3) is 5.56 Å². The molecule has 1 saturated carbocycles. The second kappa shape index (κ2) is 8.30. The molecule has 5 rings (SSSR count). The summed E-state index contributed by atoms with van der Waals surface area (Å²) in [6.45, 7) is 2.01. The van der Waals surface area contributed by atoms with Gasteiger partial charge >= 0.3 is 0 Å². The van der Waals surface area contributed by atoms with E-state index in [0.29, 0.717) is 23.1 Å². The lowest BCUT2D eigenvalue weighted by molar-refractivity contribution is -0.914. The van der Waals surface area contributed by atoms with E-state index in [0.717, 1.165) is 55.5 Å². The number of fused-ring (bicyclic) bond motifs is 1. The summed E-state index contributed by atoms with van der Waals surface area (Å²) in [6, 6.07) is 5.81. The van der Waals surface area contributed by atoms with Crippen LogP contribution in [0.5, 0.6) is 11.5 Å². The van der Waals surface area contributed by atoms with Crippen LogP contribution in [0.15, 0.2) is 23.0 Å². The first kappa shape index (κ1) is 20.0. The molecule has 0 radical (unpaired) electrons. The van der Waals surface area contributed by atoms with Gasteiger partial charge in [0, 0.05) is 24.3 Å². The molecule has 0 amide bonds. The van der Waals surface area contributed by atoms with Crippen LogP contribution in [0, 0.1) is 0 Å². The lowest BCUT2D eigenvalue weighted by atomic mass is 10.0. The summed E-state index contributed by atoms with van der Waals surface area (Å²) < 4.78 is 12.9. The Bertz CT molecular complexity index is 1130. The number of aromatic amines is 1. The number of quaternary nitrogens is 1. The number of hydrogen-bond acceptors (Lipinski definition) is 6. The van der Waals surface area contributed by atoms with Crippen LogP contribution in [0.4, 0.5) is 0 Å². The second-order valence-electron chi connectivity index (χ2n) is 8.57. The maximum absolute atomic E-state index is 13.3. The van der Waals surface area contributed by atoms with E-state index in [4.69, 9.17) is 9.47 Å². The Hall–Kier alpha value is -2.94. The Morgan fingerprint density at radius 2 is 1.77 bits per heavy atom. The molecule has 2 aliphatic rings. The Kier molecular flexibility index (Phi) is 5.35. The third-order valence-electron chi connectivity index (χ3n) is 6.79. The minimum atomic E-state index is -0.195. The molecular weight excluding hydrogens is 396 g/mol. The van der Waals surface area contributed by atoms with Gasteiger partial charge in [-0.25, -0.2) is 4.68 Å². The molecule has 2 N–H and O–H groups in total. The number of benzene rings is 1. The lowest BCUT2D eigenvalue weighted by Gasteiger charge is -2.25. The molecule has 0 bridgehead atoms. The fourth-order valence-electron chi connectivity index (χ4n) is 5.22. The van der Waals surface area contributed by atoms with Crippen molar-refractivity contribution in [3.8, 4) is 11.5 Å². The van der Waals surface area contributed by atoms with E-state index in [1.54, 1.807) is 20.3 Å². The van der Waals surface area contributed by atoms with Gasteiger partial charge < -0.3 is 19.4 Å². The van der Waals surface area contributed by atoms with E-state index >= 15 is 0 Å². The average molecular weight is 426 g/mol. The van der Waals surface area contributed by atoms with Gasteiger partial charge in [0.2, 0.25) is 5.82 Å². The summed E-state index contributed by atoms with van der Waals surface area (Å²) in [6.07, 6.45) is 6.86. The molecule has 2 aromatic heterocycles. The predicted octanol–water partition coefficient (Wildman–Crippen LogP) is 1.41. The van der Waals surface area contributed by atoms with Crippen LogP contribution >= 0.6 is 0 Å². The van der Waals surface area contributed by atoms with Crippen molar-refractivity contribution in [3.63, 3.8) is 0 Å². The van der Waals surface area contributed by atoms with Gasteiger partial charge in [0.1, 0.15) is 0 Å². The van der Waals surface area contributed by atoms with Crippen LogP contribution in [0.1, 0.15) is 62.0 Å². The zero-order chi connectivity index (χ0) is 21.4. The van der Waals surface area contributed by atoms with Crippen molar-refractivity contribution < 1.29 is 14.4 Å². The molecular formula is C22H29N6O3+. The van der Waals surface area contributed by atoms with Crippen molar-refractivity contribution >= 4 is 10.9 Å². The molecule has 1 saturated heterocycles. The molecule has 1 aliphatic heterocycles. The molecule has 2 fully saturated rings. The highest BCUT2D eigenvalue weighted by Crippen LogP contribution is 2.33. The highest BCUT2D eigenvalue weighted by atomic mass is 16.5. The molecule has 1 atom stereocenters. The van der Waals surface area contributed by atoms with Crippen LogP contribution < -0.4 is 19.9 Å². The molecule has 9 heteroatoms. The summed E-state index contributed by atoms with van der Waals surface area (Å²) in [5.41, 5.74) is 1.31. The quantitative estimate of drug-likeness (QED) is 0.620. The number of aromatic nitrogens is 5. The standard InChI is InChI=1S/C22H28N6O3/c1-30-18-12-14-11-16(22(29)23-17(14)13-19(18)31-2)20(27-9-5-6-10-27)21-24-25-26-28(21)15-7-3-4-8-15/h11-13,15,20H,3-10H2,1-2H3,(H,23,29)/p+1/t20-/m1/s1. The Labute approximate surface area is 180 Å². The number of tetrazole rings is 1. The number of rotatable bonds is 6. The van der Waals surface area contributed by atoms with Crippen molar-refractivity contribution in [2.24, 2.45) is 0 Å². The molecule has 3 aromatic rings. The van der Waals surface area contributed by atoms with Gasteiger partial charge in [-0.1, -0.05) is 12.8 Å². The van der Waals surface area contributed by atoms with Gasteiger partial charge in [0.15, 0.2) is 17.5 Å². The molecule has 1 aromatic carbocycles. The van der Waals surface area contributed by atoms with Crippen LogP contribution in [0.2, 0.25) is 0 Å². The van der Waals surface area contributed by atoms with Crippen molar-refractivity contribution in [1.82, 2.24) is 25.2 Å². The monoisotopic (exact) mass is 425 g/mol. The summed E-state index contributed by atoms with van der Waals surface area (Å²) in [5, 5.41) is 13.7. The number of nitrogens with one attached hydrogen (secondary N) is 2. The van der Waals surface area contributed by atoms with Gasteiger partial charge in [-0.15, -0.1) is 5.10 Å². The van der Waals surface area contributed by atoms with E-state index in [1.165, 1.54) is 17.7 Å². The van der Waals surface area contributed by atoms with Crippen LogP contribution in [0.3, 0.4) is 0 Å². The Morgan fingerprint density at radius 3 is 2.48 bits per heavy atom. The summed E-state index contributed by atoms with van der Waals surface area (Å²) in [7, 11) is 3.20. The summed E-state index contributed by atoms with van der Waals surface area (Å²) in [5.74, 6) is 2.02. The highest BCUT2D eigenvalue weighted by Gasteiger charge is 2.37. The molecule has 1 aliphatic carbocycles. The number of methoxy groups -OCH3 is 2. The molecule has 3 heterocycles. The van der Waals surface area contributed by atoms with Crippen molar-refractivity contribution in [2.75, 3.05) is 27.3 Å². The van der Waals surface area contributed by atoms with E-state index < -0.39 is 0 Å². The van der Waals surface area contributed by atoms with Gasteiger partial charge in [0.05, 0.1) is 44.4 Å². The first-order valence-corrected chi connectivity index (χ1v) is 11.1. The molecule has 164 valence electrons. The lowest BCUT2D eigenvalue weighted by Crippen LogP contribution is -3.10. The van der Waals surface area contributed by atoms with Crippen LogP contribution in [-0.4, -0.2) is 52.5 Å². The average Bonchev–Trinajstić information content (AvgIpc) is 3.55. The summed E-state index contributed by atoms with van der Waals surface area (Å²) in [4.78, 5) is 17.7. The zero-order valence-electron chi connectivity index (χ0n) is 18.1. The first-order valence-electron chi connectivity index (χ1n) is 11.1. The van der Waals surface area contributed by atoms with Crippen molar-refractivity contribution in [1.29, 1.82) is 0 Å². The molecule has 31 heavy (non-hydrogen) atoms. The van der Waals surface area contributed by atoms with Crippen LogP contribution in [-0.2, 0) is 0 Å². The summed E-state index contributed by atoms with van der Waals surface area (Å²) >= 11 is 0. The SMILES string of the molecule is COc1cc2cc([C@H](c3nnnn3C3CCCC3)[NH+]3CCCC3)c(=O)[nH]c2cc1OC. The molecule has 0 unspecified atom stereocenters. The minimum Gasteiger partial charge on any atom is -0.493 e. The third kappa shape index (κ3) is 3.56. The predicted molar refractivity (Wildman–Crippen MR) is 115 cm³/mol. The second-order valence-corrected chi connectivity index (χ2v) is 8.57. The maximum Gasteiger partial charge on any atom is 0.258 e. The normalized spacial score (nSPS) is 18.6. The Balaban J connectivity index is 1.66. The number of ether oxygens (including phenoxy) is 2. The zero-order valence-corrected chi connectivity index (χ0v) is 18.1. The van der Waals surface area contributed by atoms with E-state index in [-0.39, 0.29) is 11.6 Å². The van der Waals surface area contributed by atoms with Crippen molar-refractivity contribution in [3.05, 3.63) is 39.9 Å². The fraction of sp³-hybridized carbons (Fsp3) is 0.545. The van der Waals surface area contributed by atoms with Gasteiger partial charge in [-0.2, -0.15) is 0 Å². The minimum absolute atomic E-state index is 0.106. The van der Waals surface area contributed by atoms with Crippen molar-refractivity contribution in [2.45, 2.75) is 50.6 Å². The number of likely N-dealkylation sites (tertiary alicyclic amines) is 1. The van der Waals surface area contributed by atoms with Gasteiger partial charge in [-0.05, 0) is 35.4 Å². The largest absolute Gasteiger partial charge is 0.493 e. The van der Waals surface area contributed by atoms with Gasteiger partial charge in [-0.3, -0.25) is 4.79 Å². The number of pyridine rings is 1. The molecule has 0 spiro atoms. The topological polar surface area (TPSA) is 99.4 Å². The number of hydrogen-bond donors (Lipinski definition) is 2. The van der Waals surface area contributed by atoms with Crippen LogP contribution in [0.25, 0.3) is 10.9 Å². The molecule has 9 nitrogen and oxygen atoms in total. The Morgan fingerprint density at radius 1 is 1.06 bits per heavy atom. The maximum atomic E-state index is 13.3. The smallest absolute Gasteiger partial charge is 0.258 e. The highest BCUT2D eigenvalue weighted by molar-refractivity contribution is 5.83. The first-order chi connectivity index (χ1) is 15.2.